The first-order valence-corrected chi connectivity index (χ1v) is 8.28. The van der Waals surface area contributed by atoms with E-state index in [1.54, 1.807) is 11.3 Å². The first kappa shape index (κ1) is 13.6. The van der Waals surface area contributed by atoms with Crippen LogP contribution in [0.4, 0.5) is 0 Å². The number of hydrogen-bond acceptors (Lipinski definition) is 3. The van der Waals surface area contributed by atoms with Gasteiger partial charge in [0.2, 0.25) is 0 Å². The molecule has 1 heterocycles. The van der Waals surface area contributed by atoms with Crippen molar-refractivity contribution in [1.82, 2.24) is 10.3 Å². The Balaban J connectivity index is 1.64. The molecule has 1 N–H and O–H groups in total. The zero-order valence-electron chi connectivity index (χ0n) is 11.8. The van der Waals surface area contributed by atoms with Gasteiger partial charge in [0.15, 0.2) is 0 Å². The Hall–Kier alpha value is -1.42. The summed E-state index contributed by atoms with van der Waals surface area (Å²) in [5.41, 5.74) is 3.53. The molecular formula is C16H20N2OS. The fourth-order valence-corrected chi connectivity index (χ4v) is 3.70. The molecule has 0 aliphatic heterocycles. The smallest absolute Gasteiger partial charge is 0.251 e. The summed E-state index contributed by atoms with van der Waals surface area (Å²) in [6, 6.07) is 6.09. The van der Waals surface area contributed by atoms with Crippen molar-refractivity contribution in [3.8, 4) is 0 Å². The van der Waals surface area contributed by atoms with Gasteiger partial charge >= 0.3 is 0 Å². The van der Waals surface area contributed by atoms with Gasteiger partial charge in [0.25, 0.3) is 5.91 Å². The molecule has 4 heteroatoms. The highest BCUT2D eigenvalue weighted by atomic mass is 32.1. The SMILES string of the molecule is CCC1CCC(NC(=O)c2ccc3ncsc3c2)CC1. The van der Waals surface area contributed by atoms with Gasteiger partial charge in [0.05, 0.1) is 15.7 Å². The Morgan fingerprint density at radius 1 is 1.35 bits per heavy atom. The number of fused-ring (bicyclic) bond motifs is 1. The minimum atomic E-state index is 0.0558. The van der Waals surface area contributed by atoms with Crippen LogP contribution in [0.1, 0.15) is 49.4 Å². The van der Waals surface area contributed by atoms with Gasteiger partial charge < -0.3 is 5.32 Å². The normalized spacial score (nSPS) is 22.9. The number of amides is 1. The maximum atomic E-state index is 12.3. The van der Waals surface area contributed by atoms with E-state index in [0.29, 0.717) is 6.04 Å². The van der Waals surface area contributed by atoms with Gasteiger partial charge in [-0.05, 0) is 49.8 Å². The largest absolute Gasteiger partial charge is 0.349 e. The number of carbonyl (C=O) groups excluding carboxylic acids is 1. The van der Waals surface area contributed by atoms with Crippen LogP contribution in [-0.4, -0.2) is 16.9 Å². The summed E-state index contributed by atoms with van der Waals surface area (Å²) in [6.07, 6.45) is 5.99. The fourth-order valence-electron chi connectivity index (χ4n) is 2.98. The minimum absolute atomic E-state index is 0.0558. The molecule has 0 spiro atoms. The Bertz CT molecular complexity index is 599. The molecule has 3 rings (SSSR count). The van der Waals surface area contributed by atoms with E-state index in [1.807, 2.05) is 23.7 Å². The van der Waals surface area contributed by atoms with Crippen molar-refractivity contribution >= 4 is 27.5 Å². The van der Waals surface area contributed by atoms with E-state index in [2.05, 4.69) is 17.2 Å². The molecule has 2 aromatic rings. The van der Waals surface area contributed by atoms with E-state index in [0.717, 1.165) is 34.5 Å². The Morgan fingerprint density at radius 2 is 2.15 bits per heavy atom. The molecule has 0 unspecified atom stereocenters. The van der Waals surface area contributed by atoms with Gasteiger partial charge in [-0.25, -0.2) is 4.98 Å². The van der Waals surface area contributed by atoms with Crippen molar-refractivity contribution in [2.45, 2.75) is 45.1 Å². The summed E-state index contributed by atoms with van der Waals surface area (Å²) < 4.78 is 1.08. The van der Waals surface area contributed by atoms with Crippen LogP contribution in [0.25, 0.3) is 10.2 Å². The summed E-state index contributed by atoms with van der Waals surface area (Å²) in [5, 5.41) is 3.18. The maximum absolute atomic E-state index is 12.3. The molecule has 0 radical (unpaired) electrons. The highest BCUT2D eigenvalue weighted by Gasteiger charge is 2.21. The second-order valence-corrected chi connectivity index (χ2v) is 6.52. The van der Waals surface area contributed by atoms with Gasteiger partial charge in [-0.2, -0.15) is 0 Å². The van der Waals surface area contributed by atoms with E-state index in [-0.39, 0.29) is 5.91 Å². The van der Waals surface area contributed by atoms with Crippen molar-refractivity contribution < 1.29 is 4.79 Å². The van der Waals surface area contributed by atoms with Crippen LogP contribution in [0.3, 0.4) is 0 Å². The Labute approximate surface area is 123 Å². The molecule has 1 aromatic heterocycles. The van der Waals surface area contributed by atoms with Crippen molar-refractivity contribution in [2.75, 3.05) is 0 Å². The molecule has 106 valence electrons. The number of aromatic nitrogens is 1. The lowest BCUT2D eigenvalue weighted by molar-refractivity contribution is 0.0922. The first-order valence-electron chi connectivity index (χ1n) is 7.40. The van der Waals surface area contributed by atoms with Gasteiger partial charge in [0, 0.05) is 11.6 Å². The monoisotopic (exact) mass is 288 g/mol. The van der Waals surface area contributed by atoms with E-state index >= 15 is 0 Å². The lowest BCUT2D eigenvalue weighted by Crippen LogP contribution is -2.37. The second kappa shape index (κ2) is 5.92. The number of benzene rings is 1. The third kappa shape index (κ3) is 2.85. The molecule has 1 fully saturated rings. The second-order valence-electron chi connectivity index (χ2n) is 5.63. The molecule has 1 aliphatic rings. The topological polar surface area (TPSA) is 42.0 Å². The number of hydrogen-bond donors (Lipinski definition) is 1. The van der Waals surface area contributed by atoms with Crippen molar-refractivity contribution in [1.29, 1.82) is 0 Å². The van der Waals surface area contributed by atoms with Gasteiger partial charge in [-0.15, -0.1) is 11.3 Å². The molecule has 0 bridgehead atoms. The van der Waals surface area contributed by atoms with Crippen LogP contribution in [0.5, 0.6) is 0 Å². The van der Waals surface area contributed by atoms with Crippen LogP contribution < -0.4 is 5.32 Å². The van der Waals surface area contributed by atoms with E-state index in [9.17, 15) is 4.79 Å². The van der Waals surface area contributed by atoms with E-state index < -0.39 is 0 Å². The van der Waals surface area contributed by atoms with E-state index in [4.69, 9.17) is 0 Å². The van der Waals surface area contributed by atoms with Gasteiger partial charge in [-0.1, -0.05) is 13.3 Å². The summed E-state index contributed by atoms with van der Waals surface area (Å²) in [5.74, 6) is 0.914. The summed E-state index contributed by atoms with van der Waals surface area (Å²) >= 11 is 1.58. The van der Waals surface area contributed by atoms with Gasteiger partial charge in [0.1, 0.15) is 0 Å². The Morgan fingerprint density at radius 3 is 2.90 bits per heavy atom. The molecule has 3 nitrogen and oxygen atoms in total. The maximum Gasteiger partial charge on any atom is 0.251 e. The van der Waals surface area contributed by atoms with E-state index in [1.165, 1.54) is 19.3 Å². The van der Waals surface area contributed by atoms with Crippen molar-refractivity contribution in [3.05, 3.63) is 29.3 Å². The zero-order chi connectivity index (χ0) is 13.9. The van der Waals surface area contributed by atoms with Crippen LogP contribution >= 0.6 is 11.3 Å². The Kier molecular flexibility index (Phi) is 4.01. The minimum Gasteiger partial charge on any atom is -0.349 e. The third-order valence-corrected chi connectivity index (χ3v) is 5.14. The molecule has 1 saturated carbocycles. The lowest BCUT2D eigenvalue weighted by atomic mass is 9.84. The molecule has 20 heavy (non-hydrogen) atoms. The average molecular weight is 288 g/mol. The fraction of sp³-hybridized carbons (Fsp3) is 0.500. The van der Waals surface area contributed by atoms with Crippen molar-refractivity contribution in [3.63, 3.8) is 0 Å². The molecule has 0 saturated heterocycles. The highest BCUT2D eigenvalue weighted by Crippen LogP contribution is 2.27. The molecule has 0 atom stereocenters. The quantitative estimate of drug-likeness (QED) is 0.927. The van der Waals surface area contributed by atoms with Crippen LogP contribution in [0.2, 0.25) is 0 Å². The molecule has 1 amide bonds. The lowest BCUT2D eigenvalue weighted by Gasteiger charge is -2.28. The van der Waals surface area contributed by atoms with Gasteiger partial charge in [-0.3, -0.25) is 4.79 Å². The molecular weight excluding hydrogens is 268 g/mol. The number of thiazole rings is 1. The van der Waals surface area contributed by atoms with Crippen LogP contribution in [0, 0.1) is 5.92 Å². The predicted molar refractivity (Wildman–Crippen MR) is 83.1 cm³/mol. The molecule has 1 aliphatic carbocycles. The first-order chi connectivity index (χ1) is 9.76. The summed E-state index contributed by atoms with van der Waals surface area (Å²) in [6.45, 7) is 2.26. The number of carbonyl (C=O) groups is 1. The number of nitrogens with one attached hydrogen (secondary N) is 1. The average Bonchev–Trinajstić information content (AvgIpc) is 2.95. The van der Waals surface area contributed by atoms with Crippen LogP contribution in [-0.2, 0) is 0 Å². The summed E-state index contributed by atoms with van der Waals surface area (Å²) in [4.78, 5) is 16.5. The molecule has 1 aromatic carbocycles. The highest BCUT2D eigenvalue weighted by molar-refractivity contribution is 7.16. The third-order valence-electron chi connectivity index (χ3n) is 4.35. The predicted octanol–water partition coefficient (Wildman–Crippen LogP) is 3.99. The van der Waals surface area contributed by atoms with Crippen LogP contribution in [0.15, 0.2) is 23.7 Å². The summed E-state index contributed by atoms with van der Waals surface area (Å²) in [7, 11) is 0. The number of rotatable bonds is 3. The standard InChI is InChI=1S/C16H20N2OS/c1-2-11-3-6-13(7-4-11)18-16(19)12-5-8-14-15(9-12)20-10-17-14/h5,8-11,13H,2-4,6-7H2,1H3,(H,18,19). The zero-order valence-corrected chi connectivity index (χ0v) is 12.6. The number of nitrogens with zero attached hydrogens (tertiary/aromatic N) is 1. The van der Waals surface area contributed by atoms with Crippen molar-refractivity contribution in [2.24, 2.45) is 5.92 Å².